The Bertz CT molecular complexity index is 1250. The van der Waals surface area contributed by atoms with Gasteiger partial charge in [0.1, 0.15) is 17.2 Å². The standard InChI is InChI=1S/C24H23N5O3S/c1-16-6-8-18(9-7-16)23-27-28-24(29(23)19-10-12-20(31-3)13-11-19)33-15-22(30)26-25-17(2)21-5-4-14-32-21/h4-14H,15H2,1-3H3,(H,26,30)/b25-17+. The molecule has 0 saturated heterocycles. The van der Waals surface area contributed by atoms with Crippen LogP contribution >= 0.6 is 11.8 Å². The summed E-state index contributed by atoms with van der Waals surface area (Å²) in [5.74, 6) is 1.91. The number of aromatic nitrogens is 3. The molecular formula is C24H23N5O3S. The monoisotopic (exact) mass is 461 g/mol. The number of hydrazone groups is 1. The van der Waals surface area contributed by atoms with E-state index in [0.29, 0.717) is 22.5 Å². The van der Waals surface area contributed by atoms with E-state index in [9.17, 15) is 4.79 Å². The average Bonchev–Trinajstić information content (AvgIpc) is 3.52. The summed E-state index contributed by atoms with van der Waals surface area (Å²) in [6.07, 6.45) is 1.56. The minimum absolute atomic E-state index is 0.122. The topological polar surface area (TPSA) is 94.5 Å². The van der Waals surface area contributed by atoms with Gasteiger partial charge in [0.05, 0.1) is 19.1 Å². The van der Waals surface area contributed by atoms with Crippen molar-refractivity contribution in [1.82, 2.24) is 20.2 Å². The number of hydrogen-bond acceptors (Lipinski definition) is 7. The van der Waals surface area contributed by atoms with Crippen LogP contribution in [0.25, 0.3) is 17.1 Å². The maximum atomic E-state index is 12.4. The predicted molar refractivity (Wildman–Crippen MR) is 128 cm³/mol. The molecule has 0 fully saturated rings. The van der Waals surface area contributed by atoms with Gasteiger partial charge in [-0.25, -0.2) is 5.43 Å². The quantitative estimate of drug-likeness (QED) is 0.236. The number of carbonyl (C=O) groups excluding carboxylic acids is 1. The summed E-state index contributed by atoms with van der Waals surface area (Å²) < 4.78 is 12.5. The van der Waals surface area contributed by atoms with Gasteiger partial charge in [0.15, 0.2) is 11.0 Å². The van der Waals surface area contributed by atoms with Crippen molar-refractivity contribution in [1.29, 1.82) is 0 Å². The molecule has 8 nitrogen and oxygen atoms in total. The van der Waals surface area contributed by atoms with Crippen LogP contribution in [0, 0.1) is 6.92 Å². The van der Waals surface area contributed by atoms with E-state index in [4.69, 9.17) is 9.15 Å². The molecule has 2 aromatic carbocycles. The average molecular weight is 462 g/mol. The van der Waals surface area contributed by atoms with Crippen molar-refractivity contribution in [2.45, 2.75) is 19.0 Å². The van der Waals surface area contributed by atoms with Gasteiger partial charge in [0, 0.05) is 11.3 Å². The fourth-order valence-electron chi connectivity index (χ4n) is 3.07. The van der Waals surface area contributed by atoms with Gasteiger partial charge in [-0.1, -0.05) is 41.6 Å². The molecule has 1 N–H and O–H groups in total. The molecule has 0 spiro atoms. The van der Waals surface area contributed by atoms with Crippen molar-refractivity contribution in [3.8, 4) is 22.8 Å². The third-order valence-electron chi connectivity index (χ3n) is 4.83. The molecule has 0 saturated carbocycles. The Morgan fingerprint density at radius 3 is 2.55 bits per heavy atom. The van der Waals surface area contributed by atoms with Gasteiger partial charge in [-0.05, 0) is 50.2 Å². The van der Waals surface area contributed by atoms with E-state index in [-0.39, 0.29) is 11.7 Å². The number of nitrogens with one attached hydrogen (secondary N) is 1. The Morgan fingerprint density at radius 1 is 1.12 bits per heavy atom. The summed E-state index contributed by atoms with van der Waals surface area (Å²) in [5, 5.41) is 13.5. The number of nitrogens with zero attached hydrogens (tertiary/aromatic N) is 4. The van der Waals surface area contributed by atoms with Crippen molar-refractivity contribution < 1.29 is 13.9 Å². The number of thioether (sulfide) groups is 1. The Balaban J connectivity index is 1.56. The molecule has 0 atom stereocenters. The van der Waals surface area contributed by atoms with Gasteiger partial charge in [0.2, 0.25) is 0 Å². The first kappa shape index (κ1) is 22.3. The molecule has 0 aliphatic rings. The number of furan rings is 1. The van der Waals surface area contributed by atoms with E-state index in [1.54, 1.807) is 32.4 Å². The van der Waals surface area contributed by atoms with E-state index in [1.807, 2.05) is 60.0 Å². The molecule has 0 bridgehead atoms. The molecule has 0 aliphatic carbocycles. The minimum Gasteiger partial charge on any atom is -0.497 e. The van der Waals surface area contributed by atoms with Crippen LogP contribution in [0.3, 0.4) is 0 Å². The van der Waals surface area contributed by atoms with Crippen LogP contribution in [-0.4, -0.2) is 39.2 Å². The lowest BCUT2D eigenvalue weighted by molar-refractivity contribution is -0.118. The number of benzene rings is 2. The van der Waals surface area contributed by atoms with E-state index in [1.165, 1.54) is 11.8 Å². The second kappa shape index (κ2) is 10.2. The van der Waals surface area contributed by atoms with E-state index in [0.717, 1.165) is 22.6 Å². The summed E-state index contributed by atoms with van der Waals surface area (Å²) in [7, 11) is 1.63. The maximum absolute atomic E-state index is 12.4. The predicted octanol–water partition coefficient (Wildman–Crippen LogP) is 4.48. The zero-order chi connectivity index (χ0) is 23.2. The highest BCUT2D eigenvalue weighted by atomic mass is 32.2. The number of aryl methyl sites for hydroxylation is 1. The summed E-state index contributed by atoms with van der Waals surface area (Å²) in [4.78, 5) is 12.4. The number of hydrogen-bond donors (Lipinski definition) is 1. The largest absolute Gasteiger partial charge is 0.497 e. The third kappa shape index (κ3) is 5.32. The highest BCUT2D eigenvalue weighted by molar-refractivity contribution is 7.99. The van der Waals surface area contributed by atoms with Gasteiger partial charge < -0.3 is 9.15 Å². The molecule has 2 aromatic heterocycles. The highest BCUT2D eigenvalue weighted by Crippen LogP contribution is 2.29. The first-order chi connectivity index (χ1) is 16.0. The molecule has 2 heterocycles. The first-order valence-electron chi connectivity index (χ1n) is 10.2. The lowest BCUT2D eigenvalue weighted by atomic mass is 10.1. The smallest absolute Gasteiger partial charge is 0.250 e. The van der Waals surface area contributed by atoms with Crippen molar-refractivity contribution in [2.24, 2.45) is 5.10 Å². The molecule has 4 aromatic rings. The number of amides is 1. The van der Waals surface area contributed by atoms with Crippen LogP contribution in [-0.2, 0) is 4.79 Å². The van der Waals surface area contributed by atoms with Crippen LogP contribution in [0.2, 0.25) is 0 Å². The Kier molecular flexibility index (Phi) is 6.89. The zero-order valence-electron chi connectivity index (χ0n) is 18.5. The second-order valence-corrected chi connectivity index (χ2v) is 8.15. The number of rotatable bonds is 8. The summed E-state index contributed by atoms with van der Waals surface area (Å²) in [6.45, 7) is 3.80. The molecule has 33 heavy (non-hydrogen) atoms. The van der Waals surface area contributed by atoms with Gasteiger partial charge in [0.25, 0.3) is 5.91 Å². The van der Waals surface area contributed by atoms with Crippen LogP contribution < -0.4 is 10.2 Å². The fraction of sp³-hybridized carbons (Fsp3) is 0.167. The second-order valence-electron chi connectivity index (χ2n) is 7.20. The molecule has 168 valence electrons. The summed E-state index contributed by atoms with van der Waals surface area (Å²) in [5.41, 5.74) is 6.09. The Labute approximate surface area is 195 Å². The summed E-state index contributed by atoms with van der Waals surface area (Å²) in [6, 6.07) is 19.2. The van der Waals surface area contributed by atoms with E-state index in [2.05, 4.69) is 20.7 Å². The van der Waals surface area contributed by atoms with Crippen molar-refractivity contribution in [3.05, 3.63) is 78.3 Å². The summed E-state index contributed by atoms with van der Waals surface area (Å²) >= 11 is 1.28. The molecule has 9 heteroatoms. The normalized spacial score (nSPS) is 11.4. The van der Waals surface area contributed by atoms with Gasteiger partial charge in [-0.15, -0.1) is 10.2 Å². The molecule has 0 aliphatic heterocycles. The Hall–Kier alpha value is -3.85. The van der Waals surface area contributed by atoms with Crippen LogP contribution in [0.15, 0.2) is 81.6 Å². The van der Waals surface area contributed by atoms with E-state index >= 15 is 0 Å². The number of ether oxygens (including phenoxy) is 1. The van der Waals surface area contributed by atoms with Crippen LogP contribution in [0.1, 0.15) is 18.2 Å². The van der Waals surface area contributed by atoms with E-state index < -0.39 is 0 Å². The SMILES string of the molecule is COc1ccc(-n2c(SCC(=O)N/N=C(\C)c3ccco3)nnc2-c2ccc(C)cc2)cc1. The molecule has 0 radical (unpaired) electrons. The van der Waals surface area contributed by atoms with Gasteiger partial charge in [-0.2, -0.15) is 5.10 Å². The maximum Gasteiger partial charge on any atom is 0.250 e. The van der Waals surface area contributed by atoms with Gasteiger partial charge in [-0.3, -0.25) is 9.36 Å². The highest BCUT2D eigenvalue weighted by Gasteiger charge is 2.17. The number of carbonyl (C=O) groups is 1. The first-order valence-corrected chi connectivity index (χ1v) is 11.2. The zero-order valence-corrected chi connectivity index (χ0v) is 19.3. The molecule has 0 unspecified atom stereocenters. The molecule has 1 amide bonds. The van der Waals surface area contributed by atoms with Crippen molar-refractivity contribution >= 4 is 23.4 Å². The van der Waals surface area contributed by atoms with Crippen LogP contribution in [0.4, 0.5) is 0 Å². The molecular weight excluding hydrogens is 438 g/mol. The van der Waals surface area contributed by atoms with Gasteiger partial charge >= 0.3 is 0 Å². The minimum atomic E-state index is -0.257. The Morgan fingerprint density at radius 2 is 1.88 bits per heavy atom. The lowest BCUT2D eigenvalue weighted by Crippen LogP contribution is -2.21. The van der Waals surface area contributed by atoms with Crippen molar-refractivity contribution in [2.75, 3.05) is 12.9 Å². The fourth-order valence-corrected chi connectivity index (χ4v) is 3.81. The number of methoxy groups -OCH3 is 1. The molecule has 4 rings (SSSR count). The van der Waals surface area contributed by atoms with Crippen LogP contribution in [0.5, 0.6) is 5.75 Å². The van der Waals surface area contributed by atoms with Crippen molar-refractivity contribution in [3.63, 3.8) is 0 Å². The lowest BCUT2D eigenvalue weighted by Gasteiger charge is -2.11. The third-order valence-corrected chi connectivity index (χ3v) is 5.76.